The summed E-state index contributed by atoms with van der Waals surface area (Å²) in [4.78, 5) is 14.0. The van der Waals surface area contributed by atoms with Gasteiger partial charge in [-0.1, -0.05) is 0 Å². The smallest absolute Gasteiger partial charge is 0.338 e. The van der Waals surface area contributed by atoms with Crippen LogP contribution < -0.4 is 4.90 Å². The van der Waals surface area contributed by atoms with Gasteiger partial charge < -0.3 is 9.64 Å². The van der Waals surface area contributed by atoms with Crippen molar-refractivity contribution in [1.29, 1.82) is 0 Å². The monoisotopic (exact) mass is 375 g/mol. The van der Waals surface area contributed by atoms with E-state index in [9.17, 15) is 4.79 Å². The van der Waals surface area contributed by atoms with Gasteiger partial charge in [-0.05, 0) is 63.8 Å². The molecule has 0 bridgehead atoms. The molecule has 0 radical (unpaired) electrons. The predicted molar refractivity (Wildman–Crippen MR) is 79.2 cm³/mol. The van der Waals surface area contributed by atoms with Crippen LogP contribution in [0.1, 0.15) is 30.1 Å². The van der Waals surface area contributed by atoms with Gasteiger partial charge in [0.05, 0.1) is 17.9 Å². The highest BCUT2D eigenvalue weighted by atomic mass is 79.9. The van der Waals surface area contributed by atoms with Crippen LogP contribution in [0.5, 0.6) is 0 Å². The fourth-order valence-corrected chi connectivity index (χ4v) is 3.83. The molecule has 0 atom stereocenters. The highest BCUT2D eigenvalue weighted by Crippen LogP contribution is 2.37. The van der Waals surface area contributed by atoms with Crippen molar-refractivity contribution in [2.75, 3.05) is 24.6 Å². The number of carbonyl (C=O) groups excluding carboxylic acids is 1. The van der Waals surface area contributed by atoms with Gasteiger partial charge in [0.15, 0.2) is 0 Å². The second-order valence-electron chi connectivity index (χ2n) is 4.20. The molecule has 98 valence electrons. The number of benzene rings is 1. The van der Waals surface area contributed by atoms with Crippen LogP contribution in [0.3, 0.4) is 0 Å². The number of halogens is 2. The molecule has 0 aromatic heterocycles. The molecule has 0 N–H and O–H groups in total. The minimum atomic E-state index is -0.285. The lowest BCUT2D eigenvalue weighted by atomic mass is 10.2. The summed E-state index contributed by atoms with van der Waals surface area (Å²) in [6.45, 7) is 4.33. The number of anilines is 1. The molecule has 1 saturated heterocycles. The Morgan fingerprint density at radius 3 is 2.33 bits per heavy atom. The minimum Gasteiger partial charge on any atom is -0.462 e. The molecule has 5 heteroatoms. The molecule has 1 aromatic rings. The van der Waals surface area contributed by atoms with Gasteiger partial charge in [0, 0.05) is 22.0 Å². The first kappa shape index (κ1) is 13.9. The van der Waals surface area contributed by atoms with Gasteiger partial charge in [-0.2, -0.15) is 0 Å². The number of ether oxygens (including phenoxy) is 1. The lowest BCUT2D eigenvalue weighted by molar-refractivity contribution is 0.0526. The van der Waals surface area contributed by atoms with Crippen LogP contribution in [0.25, 0.3) is 0 Å². The lowest BCUT2D eigenvalue weighted by Crippen LogP contribution is -2.19. The molecule has 0 spiro atoms. The van der Waals surface area contributed by atoms with E-state index in [0.29, 0.717) is 12.2 Å². The SMILES string of the molecule is CCOC(=O)c1cc(Br)c(N2CCCC2)c(Br)c1. The van der Waals surface area contributed by atoms with Crippen molar-refractivity contribution in [2.45, 2.75) is 19.8 Å². The van der Waals surface area contributed by atoms with Crippen molar-refractivity contribution >= 4 is 43.5 Å². The van der Waals surface area contributed by atoms with Gasteiger partial charge in [-0.3, -0.25) is 0 Å². The number of rotatable bonds is 3. The molecule has 0 unspecified atom stereocenters. The summed E-state index contributed by atoms with van der Waals surface area (Å²) < 4.78 is 6.87. The third kappa shape index (κ3) is 2.88. The third-order valence-corrected chi connectivity index (χ3v) is 4.16. The molecule has 0 saturated carbocycles. The van der Waals surface area contributed by atoms with E-state index in [1.807, 2.05) is 12.1 Å². The Morgan fingerprint density at radius 1 is 1.28 bits per heavy atom. The highest BCUT2D eigenvalue weighted by Gasteiger charge is 2.20. The number of hydrogen-bond donors (Lipinski definition) is 0. The van der Waals surface area contributed by atoms with E-state index >= 15 is 0 Å². The third-order valence-electron chi connectivity index (χ3n) is 2.95. The standard InChI is InChI=1S/C13H15Br2NO2/c1-2-18-13(17)9-7-10(14)12(11(15)8-9)16-5-3-4-6-16/h7-8H,2-6H2,1H3. The summed E-state index contributed by atoms with van der Waals surface area (Å²) in [5, 5.41) is 0. The zero-order chi connectivity index (χ0) is 13.1. The first-order valence-electron chi connectivity index (χ1n) is 6.04. The van der Waals surface area contributed by atoms with E-state index in [4.69, 9.17) is 4.74 Å². The maximum absolute atomic E-state index is 11.7. The van der Waals surface area contributed by atoms with Crippen molar-refractivity contribution in [3.8, 4) is 0 Å². The molecule has 1 aliphatic heterocycles. The Morgan fingerprint density at radius 2 is 1.83 bits per heavy atom. The number of carbonyl (C=O) groups is 1. The molecular formula is C13H15Br2NO2. The summed E-state index contributed by atoms with van der Waals surface area (Å²) >= 11 is 7.10. The molecule has 1 aromatic carbocycles. The Kier molecular flexibility index (Phi) is 4.67. The molecule has 1 heterocycles. The van der Waals surface area contributed by atoms with Crippen molar-refractivity contribution in [2.24, 2.45) is 0 Å². The van der Waals surface area contributed by atoms with E-state index in [2.05, 4.69) is 36.8 Å². The molecule has 1 aliphatic rings. The average Bonchev–Trinajstić information content (AvgIpc) is 2.82. The minimum absolute atomic E-state index is 0.285. The van der Waals surface area contributed by atoms with Crippen LogP contribution in [0.2, 0.25) is 0 Å². The van der Waals surface area contributed by atoms with Crippen LogP contribution in [-0.4, -0.2) is 25.7 Å². The Labute approximate surface area is 124 Å². The maximum atomic E-state index is 11.7. The summed E-state index contributed by atoms with van der Waals surface area (Å²) in [5.74, 6) is -0.285. The van der Waals surface area contributed by atoms with Crippen LogP contribution in [0.4, 0.5) is 5.69 Å². The molecule has 0 amide bonds. The van der Waals surface area contributed by atoms with E-state index in [-0.39, 0.29) is 5.97 Å². The van der Waals surface area contributed by atoms with Gasteiger partial charge in [0.2, 0.25) is 0 Å². The molecule has 18 heavy (non-hydrogen) atoms. The van der Waals surface area contributed by atoms with E-state index in [1.54, 1.807) is 6.92 Å². The Balaban J connectivity index is 2.31. The summed E-state index contributed by atoms with van der Waals surface area (Å²) in [6.07, 6.45) is 2.44. The fourth-order valence-electron chi connectivity index (χ4n) is 2.14. The number of hydrogen-bond acceptors (Lipinski definition) is 3. The van der Waals surface area contributed by atoms with Crippen LogP contribution in [0, 0.1) is 0 Å². The first-order chi connectivity index (χ1) is 8.63. The van der Waals surface area contributed by atoms with Crippen molar-refractivity contribution in [3.63, 3.8) is 0 Å². The molecule has 1 fully saturated rings. The van der Waals surface area contributed by atoms with Crippen molar-refractivity contribution in [1.82, 2.24) is 0 Å². The van der Waals surface area contributed by atoms with E-state index < -0.39 is 0 Å². The molecular weight excluding hydrogens is 362 g/mol. The molecule has 3 nitrogen and oxygen atoms in total. The molecule has 0 aliphatic carbocycles. The lowest BCUT2D eigenvalue weighted by Gasteiger charge is -2.21. The zero-order valence-corrected chi connectivity index (χ0v) is 13.4. The number of nitrogens with zero attached hydrogens (tertiary/aromatic N) is 1. The topological polar surface area (TPSA) is 29.5 Å². The summed E-state index contributed by atoms with van der Waals surface area (Å²) in [5.41, 5.74) is 1.69. The fraction of sp³-hybridized carbons (Fsp3) is 0.462. The Bertz CT molecular complexity index is 433. The second-order valence-corrected chi connectivity index (χ2v) is 5.91. The van der Waals surface area contributed by atoms with Gasteiger partial charge in [-0.25, -0.2) is 4.79 Å². The van der Waals surface area contributed by atoms with Gasteiger partial charge >= 0.3 is 5.97 Å². The summed E-state index contributed by atoms with van der Waals surface area (Å²) in [6, 6.07) is 3.66. The van der Waals surface area contributed by atoms with Crippen LogP contribution >= 0.6 is 31.9 Å². The number of esters is 1. The quantitative estimate of drug-likeness (QED) is 0.747. The van der Waals surface area contributed by atoms with Gasteiger partial charge in [-0.15, -0.1) is 0 Å². The average molecular weight is 377 g/mol. The maximum Gasteiger partial charge on any atom is 0.338 e. The van der Waals surface area contributed by atoms with Gasteiger partial charge in [0.1, 0.15) is 0 Å². The van der Waals surface area contributed by atoms with E-state index in [0.717, 1.165) is 27.7 Å². The zero-order valence-electron chi connectivity index (χ0n) is 10.2. The molecule has 2 rings (SSSR count). The van der Waals surface area contributed by atoms with Crippen molar-refractivity contribution < 1.29 is 9.53 Å². The van der Waals surface area contributed by atoms with Crippen LogP contribution in [0.15, 0.2) is 21.1 Å². The second kappa shape index (κ2) is 6.06. The largest absolute Gasteiger partial charge is 0.462 e. The Hall–Kier alpha value is -0.550. The first-order valence-corrected chi connectivity index (χ1v) is 7.63. The van der Waals surface area contributed by atoms with Gasteiger partial charge in [0.25, 0.3) is 0 Å². The van der Waals surface area contributed by atoms with Crippen molar-refractivity contribution in [3.05, 3.63) is 26.6 Å². The highest BCUT2D eigenvalue weighted by molar-refractivity contribution is 9.11. The van der Waals surface area contributed by atoms with E-state index in [1.165, 1.54) is 12.8 Å². The predicted octanol–water partition coefficient (Wildman–Crippen LogP) is 3.99. The summed E-state index contributed by atoms with van der Waals surface area (Å²) in [7, 11) is 0. The normalized spacial score (nSPS) is 14.9. The van der Waals surface area contributed by atoms with Crippen LogP contribution in [-0.2, 0) is 4.74 Å².